The Labute approximate surface area is 196 Å². The van der Waals surface area contributed by atoms with Crippen LogP contribution in [0.5, 0.6) is 11.5 Å². The summed E-state index contributed by atoms with van der Waals surface area (Å²) < 4.78 is 7.50. The van der Waals surface area contributed by atoms with Gasteiger partial charge in [-0.1, -0.05) is 24.3 Å². The van der Waals surface area contributed by atoms with Crippen molar-refractivity contribution in [3.8, 4) is 22.8 Å². The summed E-state index contributed by atoms with van der Waals surface area (Å²) in [7, 11) is 0. The molecule has 172 valence electrons. The third-order valence-electron chi connectivity index (χ3n) is 6.07. The van der Waals surface area contributed by atoms with E-state index in [1.54, 1.807) is 16.7 Å². The number of hydrogen-bond donors (Lipinski definition) is 2. The van der Waals surface area contributed by atoms with E-state index in [0.29, 0.717) is 30.2 Å². The van der Waals surface area contributed by atoms with Gasteiger partial charge >= 0.3 is 0 Å². The van der Waals surface area contributed by atoms with Gasteiger partial charge in [0.1, 0.15) is 17.2 Å². The van der Waals surface area contributed by atoms with Crippen LogP contribution in [0.25, 0.3) is 16.9 Å². The van der Waals surface area contributed by atoms with E-state index in [2.05, 4.69) is 5.10 Å². The molecule has 2 aromatic carbocycles. The van der Waals surface area contributed by atoms with Gasteiger partial charge in [0.2, 0.25) is 5.91 Å². The number of carbonyl (C=O) groups is 2. The van der Waals surface area contributed by atoms with Crippen LogP contribution >= 0.6 is 0 Å². The SMILES string of the molecule is C/C=C/C(=O)N1CCC(c2c[nH]n3c(C(N)=O)c(-c4ccc(Oc5ccccc5)cc4)nc23)C1. The first kappa shape index (κ1) is 21.5. The van der Waals surface area contributed by atoms with Gasteiger partial charge in [0, 0.05) is 36.3 Å². The van der Waals surface area contributed by atoms with Crippen molar-refractivity contribution in [3.63, 3.8) is 0 Å². The maximum absolute atomic E-state index is 12.4. The van der Waals surface area contributed by atoms with Crippen molar-refractivity contribution < 1.29 is 14.3 Å². The molecule has 0 radical (unpaired) electrons. The van der Waals surface area contributed by atoms with Gasteiger partial charge in [-0.25, -0.2) is 9.50 Å². The predicted molar refractivity (Wildman–Crippen MR) is 129 cm³/mol. The van der Waals surface area contributed by atoms with Crippen LogP contribution in [0, 0.1) is 0 Å². The number of nitrogens with two attached hydrogens (primary N) is 1. The number of allylic oxidation sites excluding steroid dienone is 1. The summed E-state index contributed by atoms with van der Waals surface area (Å²) >= 11 is 0. The second-order valence-corrected chi connectivity index (χ2v) is 8.27. The zero-order valence-corrected chi connectivity index (χ0v) is 18.8. The Kier molecular flexibility index (Phi) is 5.63. The fourth-order valence-corrected chi connectivity index (χ4v) is 4.43. The van der Waals surface area contributed by atoms with Crippen molar-refractivity contribution in [3.05, 3.63) is 84.2 Å². The van der Waals surface area contributed by atoms with Crippen molar-refractivity contribution >= 4 is 17.5 Å². The molecule has 34 heavy (non-hydrogen) atoms. The summed E-state index contributed by atoms with van der Waals surface area (Å²) in [5, 5.41) is 3.13. The standard InChI is InChI=1S/C26H25N5O3/c1-2-6-22(32)30-14-13-18(16-30)21-15-28-31-24(25(27)33)23(29-26(21)31)17-9-11-20(12-10-17)34-19-7-4-3-5-8-19/h2-12,15,18,28H,13-14,16H2,1H3,(H2,27,33)/b6-2+. The molecule has 3 heterocycles. The Morgan fingerprint density at radius 3 is 2.56 bits per heavy atom. The van der Waals surface area contributed by atoms with E-state index in [1.165, 1.54) is 0 Å². The van der Waals surface area contributed by atoms with Gasteiger partial charge in [0.15, 0.2) is 11.3 Å². The largest absolute Gasteiger partial charge is 0.457 e. The van der Waals surface area contributed by atoms with Gasteiger partial charge in [-0.15, -0.1) is 0 Å². The summed E-state index contributed by atoms with van der Waals surface area (Å²) in [5.74, 6) is 0.984. The van der Waals surface area contributed by atoms with Crippen molar-refractivity contribution in [2.45, 2.75) is 19.3 Å². The number of likely N-dealkylation sites (tertiary alicyclic amines) is 1. The molecule has 1 atom stereocenters. The quantitative estimate of drug-likeness (QED) is 0.427. The first-order chi connectivity index (χ1) is 16.5. The van der Waals surface area contributed by atoms with Crippen LogP contribution < -0.4 is 10.5 Å². The molecule has 1 fully saturated rings. The molecule has 0 bridgehead atoms. The summed E-state index contributed by atoms with van der Waals surface area (Å²) in [5.41, 5.74) is 8.92. The lowest BCUT2D eigenvalue weighted by molar-refractivity contribution is -0.125. The summed E-state index contributed by atoms with van der Waals surface area (Å²) in [6.07, 6.45) is 6.01. The molecule has 2 amide bonds. The minimum atomic E-state index is -0.572. The van der Waals surface area contributed by atoms with Crippen molar-refractivity contribution in [1.82, 2.24) is 19.5 Å². The number of nitrogens with one attached hydrogen (secondary N) is 1. The molecular formula is C26H25N5O3. The van der Waals surface area contributed by atoms with Crippen LogP contribution in [0.4, 0.5) is 0 Å². The number of fused-ring (bicyclic) bond motifs is 1. The maximum atomic E-state index is 12.4. The van der Waals surface area contributed by atoms with Crippen LogP contribution in [0.1, 0.15) is 35.3 Å². The fourth-order valence-electron chi connectivity index (χ4n) is 4.43. The zero-order valence-electron chi connectivity index (χ0n) is 18.8. The highest BCUT2D eigenvalue weighted by Gasteiger charge is 2.30. The van der Waals surface area contributed by atoms with Crippen LogP contribution in [-0.4, -0.2) is 44.4 Å². The van der Waals surface area contributed by atoms with Crippen LogP contribution in [0.2, 0.25) is 0 Å². The van der Waals surface area contributed by atoms with E-state index < -0.39 is 5.91 Å². The molecule has 2 aromatic heterocycles. The van der Waals surface area contributed by atoms with Crippen molar-refractivity contribution in [2.75, 3.05) is 13.1 Å². The monoisotopic (exact) mass is 455 g/mol. The summed E-state index contributed by atoms with van der Waals surface area (Å²) in [4.78, 5) is 31.2. The minimum Gasteiger partial charge on any atom is -0.457 e. The van der Waals surface area contributed by atoms with E-state index in [1.807, 2.05) is 72.6 Å². The average Bonchev–Trinajstić information content (AvgIpc) is 3.55. The van der Waals surface area contributed by atoms with Crippen LogP contribution in [0.15, 0.2) is 72.9 Å². The molecular weight excluding hydrogens is 430 g/mol. The number of amides is 2. The Morgan fingerprint density at radius 2 is 1.85 bits per heavy atom. The third-order valence-corrected chi connectivity index (χ3v) is 6.07. The van der Waals surface area contributed by atoms with E-state index in [9.17, 15) is 9.59 Å². The maximum Gasteiger partial charge on any atom is 0.269 e. The normalized spacial score (nSPS) is 15.9. The van der Waals surface area contributed by atoms with Gasteiger partial charge < -0.3 is 15.4 Å². The molecule has 3 N–H and O–H groups in total. The first-order valence-corrected chi connectivity index (χ1v) is 11.2. The van der Waals surface area contributed by atoms with E-state index in [-0.39, 0.29) is 17.5 Å². The number of carbonyl (C=O) groups excluding carboxylic acids is 2. The number of ether oxygens (including phenoxy) is 1. The van der Waals surface area contributed by atoms with E-state index >= 15 is 0 Å². The Balaban J connectivity index is 1.45. The molecule has 5 rings (SSSR count). The highest BCUT2D eigenvalue weighted by molar-refractivity contribution is 5.98. The number of H-pyrrole nitrogens is 1. The Bertz CT molecular complexity index is 1370. The number of hydrogen-bond acceptors (Lipinski definition) is 4. The first-order valence-electron chi connectivity index (χ1n) is 11.2. The van der Waals surface area contributed by atoms with Crippen LogP contribution in [-0.2, 0) is 4.79 Å². The number of nitrogens with zero attached hydrogens (tertiary/aromatic N) is 3. The number of imidazole rings is 1. The molecule has 0 spiro atoms. The molecule has 0 aliphatic carbocycles. The molecule has 8 heteroatoms. The number of aromatic nitrogens is 3. The highest BCUT2D eigenvalue weighted by atomic mass is 16.5. The van der Waals surface area contributed by atoms with Gasteiger partial charge in [0.25, 0.3) is 5.91 Å². The molecule has 1 saturated heterocycles. The van der Waals surface area contributed by atoms with Crippen molar-refractivity contribution in [1.29, 1.82) is 0 Å². The average molecular weight is 456 g/mol. The number of para-hydroxylation sites is 1. The Hall–Kier alpha value is -4.33. The van der Waals surface area contributed by atoms with Crippen LogP contribution in [0.3, 0.4) is 0 Å². The smallest absolute Gasteiger partial charge is 0.269 e. The Morgan fingerprint density at radius 1 is 1.12 bits per heavy atom. The minimum absolute atomic E-state index is 0.0104. The number of rotatable bonds is 6. The number of aromatic amines is 1. The fraction of sp³-hybridized carbons (Fsp3) is 0.192. The molecule has 8 nitrogen and oxygen atoms in total. The lowest BCUT2D eigenvalue weighted by Crippen LogP contribution is -2.26. The molecule has 1 aliphatic rings. The summed E-state index contributed by atoms with van der Waals surface area (Å²) in [6.45, 7) is 3.12. The van der Waals surface area contributed by atoms with Gasteiger partial charge in [0.05, 0.1) is 0 Å². The van der Waals surface area contributed by atoms with Gasteiger partial charge in [-0.3, -0.25) is 14.7 Å². The van der Waals surface area contributed by atoms with E-state index in [0.717, 1.165) is 23.3 Å². The summed E-state index contributed by atoms with van der Waals surface area (Å²) in [6, 6.07) is 16.9. The molecule has 4 aromatic rings. The molecule has 0 saturated carbocycles. The molecule has 1 unspecified atom stereocenters. The molecule has 1 aliphatic heterocycles. The lowest BCUT2D eigenvalue weighted by Gasteiger charge is -2.13. The van der Waals surface area contributed by atoms with Crippen molar-refractivity contribution in [2.24, 2.45) is 5.73 Å². The third kappa shape index (κ3) is 3.94. The predicted octanol–water partition coefficient (Wildman–Crippen LogP) is 4.11. The number of primary amides is 1. The number of benzene rings is 2. The zero-order chi connectivity index (χ0) is 23.7. The van der Waals surface area contributed by atoms with E-state index in [4.69, 9.17) is 15.5 Å². The second-order valence-electron chi connectivity index (χ2n) is 8.27. The highest BCUT2D eigenvalue weighted by Crippen LogP contribution is 2.34. The van der Waals surface area contributed by atoms with Gasteiger partial charge in [-0.2, -0.15) is 0 Å². The van der Waals surface area contributed by atoms with Gasteiger partial charge in [-0.05, 0) is 55.8 Å². The second kappa shape index (κ2) is 8.90. The lowest BCUT2D eigenvalue weighted by atomic mass is 10.0. The topological polar surface area (TPSA) is 106 Å².